The van der Waals surface area contributed by atoms with Crippen LogP contribution >= 0.6 is 0 Å². The maximum Gasteiger partial charge on any atom is 0.0710 e. The Morgan fingerprint density at radius 3 is 2.36 bits per heavy atom. The van der Waals surface area contributed by atoms with Gasteiger partial charge in [-0.25, -0.2) is 0 Å². The fraction of sp³-hybridized carbons (Fsp3) is 0.175. The van der Waals surface area contributed by atoms with Crippen molar-refractivity contribution in [3.63, 3.8) is 0 Å². The number of hydrogen-bond acceptors (Lipinski definition) is 2. The Hall–Kier alpha value is -4.53. The zero-order valence-electron chi connectivity index (χ0n) is 24.3. The van der Waals surface area contributed by atoms with Gasteiger partial charge in [0.1, 0.15) is 0 Å². The second-order valence-corrected chi connectivity index (χ2v) is 12.3. The lowest BCUT2D eigenvalue weighted by Gasteiger charge is -2.36. The molecule has 206 valence electrons. The molecule has 0 radical (unpaired) electrons. The van der Waals surface area contributed by atoms with Crippen LogP contribution in [0.25, 0.3) is 27.8 Å². The summed E-state index contributed by atoms with van der Waals surface area (Å²) in [7, 11) is 0. The fourth-order valence-corrected chi connectivity index (χ4v) is 7.29. The van der Waals surface area contributed by atoms with Crippen LogP contribution in [0.2, 0.25) is 0 Å². The Kier molecular flexibility index (Phi) is 6.33. The number of rotatable bonds is 5. The minimum Gasteiger partial charge on any atom is -0.321 e. The van der Waals surface area contributed by atoms with Crippen molar-refractivity contribution in [1.82, 2.24) is 0 Å². The van der Waals surface area contributed by atoms with Crippen LogP contribution in [-0.4, -0.2) is 11.8 Å². The molecule has 0 spiro atoms. The monoisotopic (exact) mass is 544 g/mol. The summed E-state index contributed by atoms with van der Waals surface area (Å²) in [6.07, 6.45) is 16.8. The normalized spacial score (nSPS) is 24.0. The summed E-state index contributed by atoms with van der Waals surface area (Å²) in [5.41, 5.74) is 19.1. The molecule has 4 aromatic rings. The Morgan fingerprint density at radius 2 is 1.57 bits per heavy atom. The van der Waals surface area contributed by atoms with Crippen molar-refractivity contribution >= 4 is 11.8 Å². The van der Waals surface area contributed by atoms with Crippen molar-refractivity contribution in [2.75, 3.05) is 0 Å². The standard InChI is InChI=1S/C40H36N2/c1-27-11-10-14-33(21-27)40(32-12-4-3-5-13-32)37-17-7-6-15-34(37)35-25-29(18-19-38(35)40)30-22-28(26-41)23-31(24-30)36-16-8-9-20-39(36,2)42/h3-10,12-19,21-27,41H,11,20,42H2,1-2H3. The van der Waals surface area contributed by atoms with E-state index < -0.39 is 5.54 Å². The van der Waals surface area contributed by atoms with Crippen LogP contribution in [0, 0.1) is 11.3 Å². The number of nitrogens with one attached hydrogen (secondary N) is 1. The molecule has 3 atom stereocenters. The number of nitrogens with two attached hydrogens (primary N) is 1. The Morgan fingerprint density at radius 1 is 0.810 bits per heavy atom. The van der Waals surface area contributed by atoms with E-state index in [1.165, 1.54) is 39.6 Å². The number of benzene rings is 4. The van der Waals surface area contributed by atoms with Crippen molar-refractivity contribution in [1.29, 1.82) is 5.41 Å². The van der Waals surface area contributed by atoms with Crippen molar-refractivity contribution in [3.05, 3.63) is 161 Å². The van der Waals surface area contributed by atoms with E-state index in [4.69, 9.17) is 11.1 Å². The molecule has 0 aromatic heterocycles. The highest BCUT2D eigenvalue weighted by Crippen LogP contribution is 2.57. The van der Waals surface area contributed by atoms with Crippen LogP contribution in [-0.2, 0) is 5.41 Å². The highest BCUT2D eigenvalue weighted by Gasteiger charge is 2.47. The first kappa shape index (κ1) is 26.4. The summed E-state index contributed by atoms with van der Waals surface area (Å²) in [6.45, 7) is 4.40. The third kappa shape index (κ3) is 4.09. The lowest BCUT2D eigenvalue weighted by molar-refractivity contribution is 0.609. The van der Waals surface area contributed by atoms with E-state index in [9.17, 15) is 0 Å². The summed E-state index contributed by atoms with van der Waals surface area (Å²) in [5, 5.41) is 8.11. The van der Waals surface area contributed by atoms with Crippen LogP contribution in [0.5, 0.6) is 0 Å². The van der Waals surface area contributed by atoms with Gasteiger partial charge in [-0.15, -0.1) is 0 Å². The van der Waals surface area contributed by atoms with Gasteiger partial charge < -0.3 is 11.1 Å². The van der Waals surface area contributed by atoms with Gasteiger partial charge in [-0.2, -0.15) is 0 Å². The van der Waals surface area contributed by atoms with Gasteiger partial charge in [0.05, 0.1) is 5.41 Å². The summed E-state index contributed by atoms with van der Waals surface area (Å²) >= 11 is 0. The molecular formula is C40H36N2. The van der Waals surface area contributed by atoms with E-state index in [1.807, 2.05) is 0 Å². The Labute approximate surface area is 249 Å². The highest BCUT2D eigenvalue weighted by atomic mass is 14.7. The highest BCUT2D eigenvalue weighted by molar-refractivity contribution is 5.91. The molecule has 42 heavy (non-hydrogen) atoms. The number of fused-ring (bicyclic) bond motifs is 3. The van der Waals surface area contributed by atoms with Gasteiger partial charge in [-0.05, 0) is 111 Å². The SMILES string of the molecule is CC1C=C(C2(c3ccccc3)c3ccccc3-c3cc(-c4cc(C=N)cc(C5=CC=CCC5(C)N)c4)ccc32)C=CC1. The second-order valence-electron chi connectivity index (χ2n) is 12.3. The maximum atomic E-state index is 8.11. The molecule has 0 amide bonds. The second kappa shape index (κ2) is 10.1. The molecule has 2 nitrogen and oxygen atoms in total. The van der Waals surface area contributed by atoms with Crippen LogP contribution in [0.3, 0.4) is 0 Å². The minimum atomic E-state index is -0.447. The van der Waals surface area contributed by atoms with E-state index in [2.05, 4.69) is 141 Å². The van der Waals surface area contributed by atoms with E-state index in [-0.39, 0.29) is 5.41 Å². The summed E-state index contributed by atoms with van der Waals surface area (Å²) < 4.78 is 0. The first-order valence-corrected chi connectivity index (χ1v) is 14.9. The zero-order valence-corrected chi connectivity index (χ0v) is 24.3. The van der Waals surface area contributed by atoms with Gasteiger partial charge in [0.15, 0.2) is 0 Å². The van der Waals surface area contributed by atoms with E-state index in [1.54, 1.807) is 0 Å². The van der Waals surface area contributed by atoms with Gasteiger partial charge in [-0.1, -0.05) is 110 Å². The molecule has 3 aliphatic carbocycles. The molecule has 0 fully saturated rings. The molecule has 0 aliphatic heterocycles. The van der Waals surface area contributed by atoms with Crippen LogP contribution in [0.1, 0.15) is 54.5 Å². The summed E-state index contributed by atoms with van der Waals surface area (Å²) in [4.78, 5) is 0. The Balaban J connectivity index is 1.46. The van der Waals surface area contributed by atoms with Crippen molar-refractivity contribution in [3.8, 4) is 22.3 Å². The molecule has 0 saturated heterocycles. The molecular weight excluding hydrogens is 508 g/mol. The van der Waals surface area contributed by atoms with Gasteiger partial charge in [-0.3, -0.25) is 0 Å². The molecule has 0 bridgehead atoms. The average molecular weight is 545 g/mol. The van der Waals surface area contributed by atoms with Crippen molar-refractivity contribution < 1.29 is 0 Å². The van der Waals surface area contributed by atoms with Gasteiger partial charge in [0, 0.05) is 11.8 Å². The molecule has 0 saturated carbocycles. The van der Waals surface area contributed by atoms with Crippen LogP contribution < -0.4 is 5.73 Å². The van der Waals surface area contributed by atoms with Gasteiger partial charge in [0.25, 0.3) is 0 Å². The third-order valence-electron chi connectivity index (χ3n) is 9.28. The topological polar surface area (TPSA) is 49.9 Å². The predicted molar refractivity (Wildman–Crippen MR) is 177 cm³/mol. The Bertz CT molecular complexity index is 1830. The van der Waals surface area contributed by atoms with E-state index in [0.29, 0.717) is 5.92 Å². The molecule has 3 aliphatic rings. The van der Waals surface area contributed by atoms with E-state index >= 15 is 0 Å². The largest absolute Gasteiger partial charge is 0.321 e. The lowest BCUT2D eigenvalue weighted by Crippen LogP contribution is -2.37. The quantitative estimate of drug-likeness (QED) is 0.242. The van der Waals surface area contributed by atoms with Crippen LogP contribution in [0.4, 0.5) is 0 Å². The molecule has 3 N–H and O–H groups in total. The number of hydrogen-bond donors (Lipinski definition) is 2. The number of allylic oxidation sites excluding steroid dienone is 6. The van der Waals surface area contributed by atoms with Crippen molar-refractivity contribution in [2.24, 2.45) is 11.7 Å². The molecule has 7 rings (SSSR count). The average Bonchev–Trinajstić information content (AvgIpc) is 3.31. The molecule has 3 unspecified atom stereocenters. The third-order valence-corrected chi connectivity index (χ3v) is 9.28. The van der Waals surface area contributed by atoms with Crippen LogP contribution in [0.15, 0.2) is 133 Å². The fourth-order valence-electron chi connectivity index (χ4n) is 7.29. The van der Waals surface area contributed by atoms with Gasteiger partial charge >= 0.3 is 0 Å². The lowest BCUT2D eigenvalue weighted by atomic mass is 9.65. The van der Waals surface area contributed by atoms with Gasteiger partial charge in [0.2, 0.25) is 0 Å². The first-order chi connectivity index (χ1) is 20.4. The summed E-state index contributed by atoms with van der Waals surface area (Å²) in [5.74, 6) is 0.487. The zero-order chi connectivity index (χ0) is 28.9. The molecule has 4 aromatic carbocycles. The minimum absolute atomic E-state index is 0.376. The maximum absolute atomic E-state index is 8.11. The van der Waals surface area contributed by atoms with E-state index in [0.717, 1.165) is 40.7 Å². The molecule has 0 heterocycles. The first-order valence-electron chi connectivity index (χ1n) is 14.9. The summed E-state index contributed by atoms with van der Waals surface area (Å²) in [6, 6.07) is 33.3. The molecule has 2 heteroatoms. The predicted octanol–water partition coefficient (Wildman–Crippen LogP) is 9.25. The van der Waals surface area contributed by atoms with Crippen molar-refractivity contribution in [2.45, 2.75) is 37.6 Å². The smallest absolute Gasteiger partial charge is 0.0710 e.